The lowest BCUT2D eigenvalue weighted by molar-refractivity contribution is -0.121. The average Bonchev–Trinajstić information content (AvgIpc) is 3.20. The molecular formula is C22H33N9O2. The summed E-state index contributed by atoms with van der Waals surface area (Å²) in [5, 5.41) is 7.70. The molecule has 0 aliphatic heterocycles. The third-order valence-electron chi connectivity index (χ3n) is 4.96. The molecule has 0 unspecified atom stereocenters. The van der Waals surface area contributed by atoms with Crippen molar-refractivity contribution in [2.45, 2.75) is 45.6 Å². The SMILES string of the molecule is CN(CC(=O)NC(C)(C)C)c1nc(-c2cc(OCCN(N)/C=N\N)ccn2)nc2c1CCC2. The van der Waals surface area contributed by atoms with Gasteiger partial charge in [-0.25, -0.2) is 15.8 Å². The molecule has 1 amide bonds. The van der Waals surface area contributed by atoms with Gasteiger partial charge in [-0.2, -0.15) is 5.10 Å². The number of nitrogens with one attached hydrogen (secondary N) is 1. The van der Waals surface area contributed by atoms with Crippen LogP contribution in [0.3, 0.4) is 0 Å². The smallest absolute Gasteiger partial charge is 0.239 e. The number of amides is 1. The minimum absolute atomic E-state index is 0.0564. The fourth-order valence-corrected chi connectivity index (χ4v) is 3.63. The maximum atomic E-state index is 12.5. The molecule has 2 aromatic rings. The number of hydrogen-bond acceptors (Lipinski definition) is 9. The van der Waals surface area contributed by atoms with Crippen LogP contribution in [0.2, 0.25) is 0 Å². The van der Waals surface area contributed by atoms with Gasteiger partial charge in [0.1, 0.15) is 30.2 Å². The van der Waals surface area contributed by atoms with Gasteiger partial charge in [0.05, 0.1) is 13.1 Å². The van der Waals surface area contributed by atoms with Crippen molar-refractivity contribution in [3.05, 3.63) is 29.6 Å². The zero-order valence-electron chi connectivity index (χ0n) is 19.7. The predicted molar refractivity (Wildman–Crippen MR) is 128 cm³/mol. The van der Waals surface area contributed by atoms with Crippen molar-refractivity contribution < 1.29 is 9.53 Å². The summed E-state index contributed by atoms with van der Waals surface area (Å²) < 4.78 is 5.77. The van der Waals surface area contributed by atoms with Crippen molar-refractivity contribution >= 4 is 18.1 Å². The van der Waals surface area contributed by atoms with Gasteiger partial charge in [-0.15, -0.1) is 0 Å². The third kappa shape index (κ3) is 6.75. The molecule has 1 aliphatic carbocycles. The Labute approximate surface area is 194 Å². The Balaban J connectivity index is 1.80. The van der Waals surface area contributed by atoms with Crippen LogP contribution in [0, 0.1) is 0 Å². The Morgan fingerprint density at radius 1 is 1.33 bits per heavy atom. The van der Waals surface area contributed by atoms with Crippen LogP contribution in [0.25, 0.3) is 11.5 Å². The van der Waals surface area contributed by atoms with Crippen molar-refractivity contribution in [1.29, 1.82) is 0 Å². The van der Waals surface area contributed by atoms with Crippen molar-refractivity contribution in [2.24, 2.45) is 16.8 Å². The molecule has 0 saturated carbocycles. The summed E-state index contributed by atoms with van der Waals surface area (Å²) in [6.45, 7) is 6.85. The number of ether oxygens (including phenoxy) is 1. The Morgan fingerprint density at radius 3 is 2.85 bits per heavy atom. The van der Waals surface area contributed by atoms with E-state index in [1.807, 2.05) is 32.7 Å². The van der Waals surface area contributed by atoms with Crippen LogP contribution < -0.4 is 26.6 Å². The third-order valence-corrected chi connectivity index (χ3v) is 4.96. The molecule has 5 N–H and O–H groups in total. The second-order valence-corrected chi connectivity index (χ2v) is 9.03. The number of fused-ring (bicyclic) bond motifs is 1. The van der Waals surface area contributed by atoms with Crippen LogP contribution in [0.1, 0.15) is 38.4 Å². The van der Waals surface area contributed by atoms with Crippen molar-refractivity contribution in [1.82, 2.24) is 25.3 Å². The molecule has 33 heavy (non-hydrogen) atoms. The van der Waals surface area contributed by atoms with E-state index in [0.717, 1.165) is 36.3 Å². The molecule has 0 spiro atoms. The highest BCUT2D eigenvalue weighted by atomic mass is 16.5. The number of pyridine rings is 1. The number of nitrogens with two attached hydrogens (primary N) is 2. The Hall–Kier alpha value is -3.47. The molecule has 2 aromatic heterocycles. The number of hydrogen-bond donors (Lipinski definition) is 3. The molecule has 2 heterocycles. The Morgan fingerprint density at radius 2 is 2.12 bits per heavy atom. The second kappa shape index (κ2) is 10.4. The van der Waals surface area contributed by atoms with Gasteiger partial charge in [-0.3, -0.25) is 14.8 Å². The molecule has 178 valence electrons. The normalized spacial score (nSPS) is 13.1. The lowest BCUT2D eigenvalue weighted by Crippen LogP contribution is -2.45. The second-order valence-electron chi connectivity index (χ2n) is 9.03. The number of likely N-dealkylation sites (N-methyl/N-ethyl adjacent to an activating group) is 1. The number of anilines is 1. The summed E-state index contributed by atoms with van der Waals surface area (Å²) in [5.74, 6) is 12.6. The summed E-state index contributed by atoms with van der Waals surface area (Å²) >= 11 is 0. The number of carbonyl (C=O) groups is 1. The highest BCUT2D eigenvalue weighted by molar-refractivity contribution is 5.82. The van der Waals surface area contributed by atoms with E-state index in [2.05, 4.69) is 15.4 Å². The number of rotatable bonds is 9. The van der Waals surface area contributed by atoms with Crippen LogP contribution in [0.5, 0.6) is 5.75 Å². The first-order valence-electron chi connectivity index (χ1n) is 10.9. The molecule has 0 radical (unpaired) electrons. The fourth-order valence-electron chi connectivity index (χ4n) is 3.63. The van der Waals surface area contributed by atoms with Crippen LogP contribution in [0.15, 0.2) is 23.4 Å². The zero-order valence-corrected chi connectivity index (χ0v) is 19.7. The molecule has 0 fully saturated rings. The van der Waals surface area contributed by atoms with E-state index in [-0.39, 0.29) is 18.0 Å². The molecule has 0 bridgehead atoms. The van der Waals surface area contributed by atoms with Crippen molar-refractivity contribution in [2.75, 3.05) is 31.6 Å². The molecule has 3 rings (SSSR count). The number of carbonyl (C=O) groups excluding carboxylic acids is 1. The van der Waals surface area contributed by atoms with E-state index in [0.29, 0.717) is 30.4 Å². The van der Waals surface area contributed by atoms with Crippen LogP contribution in [-0.2, 0) is 17.6 Å². The highest BCUT2D eigenvalue weighted by Gasteiger charge is 2.24. The Bertz CT molecular complexity index is 1000. The maximum Gasteiger partial charge on any atom is 0.239 e. The van der Waals surface area contributed by atoms with E-state index in [4.69, 9.17) is 26.4 Å². The van der Waals surface area contributed by atoms with E-state index >= 15 is 0 Å². The molecule has 11 heteroatoms. The monoisotopic (exact) mass is 455 g/mol. The Kier molecular flexibility index (Phi) is 7.64. The maximum absolute atomic E-state index is 12.5. The standard InChI is InChI=1S/C22H33N9O2/c1-22(2,3)29-19(32)13-30(4)21-16-6-5-7-17(16)27-20(28-21)18-12-15(8-9-25-18)33-11-10-31(24)14-26-23/h8-9,12,14H,5-7,10-11,13,23-24H2,1-4H3,(H,29,32)/b26-14-. The van der Waals surface area contributed by atoms with E-state index in [9.17, 15) is 4.79 Å². The number of hydrazone groups is 1. The van der Waals surface area contributed by atoms with E-state index in [1.165, 1.54) is 11.3 Å². The van der Waals surface area contributed by atoms with Gasteiger partial charge in [0.2, 0.25) is 5.91 Å². The minimum atomic E-state index is -0.293. The van der Waals surface area contributed by atoms with Crippen molar-refractivity contribution in [3.63, 3.8) is 0 Å². The highest BCUT2D eigenvalue weighted by Crippen LogP contribution is 2.31. The fraction of sp³-hybridized carbons (Fsp3) is 0.500. The first kappa shape index (κ1) is 24.2. The lowest BCUT2D eigenvalue weighted by atomic mass is 10.1. The van der Waals surface area contributed by atoms with Crippen molar-refractivity contribution in [3.8, 4) is 17.3 Å². The number of aryl methyl sites for hydroxylation is 1. The molecule has 11 nitrogen and oxygen atoms in total. The first-order valence-corrected chi connectivity index (χ1v) is 10.9. The largest absolute Gasteiger partial charge is 0.492 e. The van der Waals surface area contributed by atoms with Gasteiger partial charge in [0, 0.05) is 36.1 Å². The molecule has 1 aliphatic rings. The van der Waals surface area contributed by atoms with Gasteiger partial charge < -0.3 is 20.8 Å². The van der Waals surface area contributed by atoms with Gasteiger partial charge in [-0.1, -0.05) is 0 Å². The summed E-state index contributed by atoms with van der Waals surface area (Å²) in [7, 11) is 1.88. The quantitative estimate of drug-likeness (QED) is 0.216. The molecule has 0 aromatic carbocycles. The topological polar surface area (TPSA) is 148 Å². The molecule has 0 atom stereocenters. The van der Waals surface area contributed by atoms with Gasteiger partial charge in [0.15, 0.2) is 5.82 Å². The zero-order chi connectivity index (χ0) is 24.0. The number of nitrogens with zero attached hydrogens (tertiary/aromatic N) is 6. The van der Waals surface area contributed by atoms with Crippen LogP contribution in [-0.4, -0.2) is 64.5 Å². The minimum Gasteiger partial charge on any atom is -0.492 e. The summed E-state index contributed by atoms with van der Waals surface area (Å²) in [6, 6.07) is 3.56. The molecule has 0 saturated heterocycles. The van der Waals surface area contributed by atoms with Gasteiger partial charge in [0.25, 0.3) is 0 Å². The summed E-state index contributed by atoms with van der Waals surface area (Å²) in [4.78, 5) is 28.4. The van der Waals surface area contributed by atoms with Gasteiger partial charge >= 0.3 is 0 Å². The van der Waals surface area contributed by atoms with E-state index < -0.39 is 0 Å². The van der Waals surface area contributed by atoms with Crippen LogP contribution >= 0.6 is 0 Å². The first-order chi connectivity index (χ1) is 15.7. The summed E-state index contributed by atoms with van der Waals surface area (Å²) in [5.41, 5.74) is 2.41. The summed E-state index contributed by atoms with van der Waals surface area (Å²) in [6.07, 6.45) is 5.77. The number of hydrazine groups is 1. The average molecular weight is 456 g/mol. The van der Waals surface area contributed by atoms with Gasteiger partial charge in [-0.05, 0) is 46.1 Å². The molecular weight excluding hydrogens is 422 g/mol. The van der Waals surface area contributed by atoms with Crippen LogP contribution in [0.4, 0.5) is 5.82 Å². The van der Waals surface area contributed by atoms with E-state index in [1.54, 1.807) is 18.3 Å². The number of aromatic nitrogens is 3. The predicted octanol–water partition coefficient (Wildman–Crippen LogP) is 0.835. The lowest BCUT2D eigenvalue weighted by Gasteiger charge is -2.25.